The summed E-state index contributed by atoms with van der Waals surface area (Å²) in [6, 6.07) is 9.80. The van der Waals surface area contributed by atoms with Gasteiger partial charge in [0.05, 0.1) is 11.5 Å². The zero-order valence-electron chi connectivity index (χ0n) is 16.2. The van der Waals surface area contributed by atoms with E-state index in [1.54, 1.807) is 0 Å². The van der Waals surface area contributed by atoms with Gasteiger partial charge >= 0.3 is 0 Å². The lowest BCUT2D eigenvalue weighted by Crippen LogP contribution is -2.42. The summed E-state index contributed by atoms with van der Waals surface area (Å²) in [6.45, 7) is 3.36. The highest BCUT2D eigenvalue weighted by molar-refractivity contribution is 14.0. The zero-order chi connectivity index (χ0) is 18.8. The second kappa shape index (κ2) is 12.9. The number of hydrogen-bond donors (Lipinski definition) is 2. The highest BCUT2D eigenvalue weighted by Gasteiger charge is 2.24. The number of sulfone groups is 1. The number of benzene rings is 1. The van der Waals surface area contributed by atoms with Gasteiger partial charge in [0, 0.05) is 24.4 Å². The van der Waals surface area contributed by atoms with Gasteiger partial charge < -0.3 is 10.6 Å². The highest BCUT2D eigenvalue weighted by atomic mass is 127. The maximum atomic E-state index is 12.2. The SMILES string of the molecule is CCNC(=NCCCS(=O)(=O)Cc1ccccc1)NC1CCC(SC)C1.I. The molecule has 1 saturated carbocycles. The third-order valence-electron chi connectivity index (χ3n) is 4.52. The molecule has 0 amide bonds. The minimum absolute atomic E-state index is 0. The number of halogens is 1. The lowest BCUT2D eigenvalue weighted by Gasteiger charge is -2.17. The Kier molecular flexibility index (Phi) is 11.7. The standard InChI is InChI=1S/C19H31N3O2S2.HI/c1-3-20-19(22-17-10-11-18(14-17)25-2)21-12-7-13-26(23,24)15-16-8-5-4-6-9-16;/h4-6,8-9,17-18H,3,7,10-15H2,1-2H3,(H2,20,21,22);1H. The van der Waals surface area contributed by atoms with Crippen LogP contribution >= 0.6 is 35.7 Å². The number of aliphatic imine (C=N–C) groups is 1. The number of guanidine groups is 1. The average Bonchev–Trinajstić information content (AvgIpc) is 3.07. The summed E-state index contributed by atoms with van der Waals surface area (Å²) >= 11 is 1.93. The van der Waals surface area contributed by atoms with Crippen molar-refractivity contribution < 1.29 is 8.42 Å². The third kappa shape index (κ3) is 9.51. The molecular weight excluding hydrogens is 493 g/mol. The molecule has 1 aliphatic rings. The van der Waals surface area contributed by atoms with Crippen LogP contribution in [-0.4, -0.2) is 50.8 Å². The van der Waals surface area contributed by atoms with Crippen LogP contribution in [0, 0.1) is 0 Å². The van der Waals surface area contributed by atoms with Crippen molar-refractivity contribution in [3.63, 3.8) is 0 Å². The lowest BCUT2D eigenvalue weighted by atomic mass is 10.2. The van der Waals surface area contributed by atoms with Crippen molar-refractivity contribution in [1.29, 1.82) is 0 Å². The third-order valence-corrected chi connectivity index (χ3v) is 7.29. The number of nitrogens with one attached hydrogen (secondary N) is 2. The Morgan fingerprint density at radius 2 is 2.00 bits per heavy atom. The predicted molar refractivity (Wildman–Crippen MR) is 128 cm³/mol. The molecule has 1 aliphatic carbocycles. The number of hydrogen-bond acceptors (Lipinski definition) is 4. The molecular formula is C19H32IN3O2S2. The summed E-state index contributed by atoms with van der Waals surface area (Å²) in [7, 11) is -3.09. The van der Waals surface area contributed by atoms with E-state index in [1.807, 2.05) is 49.0 Å². The number of rotatable bonds is 9. The Morgan fingerprint density at radius 3 is 2.63 bits per heavy atom. The van der Waals surface area contributed by atoms with Gasteiger partial charge in [0.15, 0.2) is 15.8 Å². The van der Waals surface area contributed by atoms with E-state index >= 15 is 0 Å². The molecule has 0 aromatic heterocycles. The van der Waals surface area contributed by atoms with Crippen LogP contribution in [-0.2, 0) is 15.6 Å². The summed E-state index contributed by atoms with van der Waals surface area (Å²) in [6.07, 6.45) is 6.29. The molecule has 0 saturated heterocycles. The molecule has 2 atom stereocenters. The molecule has 0 spiro atoms. The molecule has 1 aromatic carbocycles. The molecule has 154 valence electrons. The summed E-state index contributed by atoms with van der Waals surface area (Å²) in [4.78, 5) is 4.56. The van der Waals surface area contributed by atoms with E-state index in [4.69, 9.17) is 0 Å². The largest absolute Gasteiger partial charge is 0.357 e. The summed E-state index contributed by atoms with van der Waals surface area (Å²) < 4.78 is 24.5. The minimum atomic E-state index is -3.09. The summed E-state index contributed by atoms with van der Waals surface area (Å²) in [5, 5.41) is 7.49. The first-order chi connectivity index (χ1) is 12.5. The normalized spacial score (nSPS) is 20.1. The van der Waals surface area contributed by atoms with Gasteiger partial charge in [0.1, 0.15) is 0 Å². The van der Waals surface area contributed by atoms with Crippen LogP contribution in [0.2, 0.25) is 0 Å². The molecule has 1 fully saturated rings. The molecule has 0 radical (unpaired) electrons. The van der Waals surface area contributed by atoms with Crippen molar-refractivity contribution in [2.45, 2.75) is 49.7 Å². The van der Waals surface area contributed by atoms with E-state index in [2.05, 4.69) is 21.9 Å². The van der Waals surface area contributed by atoms with Gasteiger partial charge in [-0.1, -0.05) is 30.3 Å². The van der Waals surface area contributed by atoms with Crippen LogP contribution in [0.4, 0.5) is 0 Å². The second-order valence-corrected chi connectivity index (χ2v) is 10.0. The molecule has 0 bridgehead atoms. The molecule has 0 heterocycles. The lowest BCUT2D eigenvalue weighted by molar-refractivity contribution is 0.592. The van der Waals surface area contributed by atoms with Gasteiger partial charge in [0.25, 0.3) is 0 Å². The summed E-state index contributed by atoms with van der Waals surface area (Å²) in [5.74, 6) is 1.08. The van der Waals surface area contributed by atoms with Crippen molar-refractivity contribution >= 4 is 51.5 Å². The molecule has 2 N–H and O–H groups in total. The van der Waals surface area contributed by atoms with Crippen LogP contribution in [0.3, 0.4) is 0 Å². The van der Waals surface area contributed by atoms with E-state index < -0.39 is 9.84 Å². The minimum Gasteiger partial charge on any atom is -0.357 e. The van der Waals surface area contributed by atoms with E-state index in [0.29, 0.717) is 19.0 Å². The fourth-order valence-electron chi connectivity index (χ4n) is 3.17. The van der Waals surface area contributed by atoms with Crippen LogP contribution < -0.4 is 10.6 Å². The van der Waals surface area contributed by atoms with E-state index in [9.17, 15) is 8.42 Å². The van der Waals surface area contributed by atoms with E-state index in [-0.39, 0.29) is 35.5 Å². The Morgan fingerprint density at radius 1 is 1.26 bits per heavy atom. The number of nitrogens with zero attached hydrogens (tertiary/aromatic N) is 1. The maximum Gasteiger partial charge on any atom is 0.191 e. The topological polar surface area (TPSA) is 70.6 Å². The van der Waals surface area contributed by atoms with Crippen LogP contribution in [0.5, 0.6) is 0 Å². The van der Waals surface area contributed by atoms with Crippen molar-refractivity contribution in [2.24, 2.45) is 4.99 Å². The van der Waals surface area contributed by atoms with Gasteiger partial charge in [-0.05, 0) is 44.4 Å². The summed E-state index contributed by atoms with van der Waals surface area (Å²) in [5.41, 5.74) is 0.843. The van der Waals surface area contributed by atoms with Gasteiger partial charge in [-0.3, -0.25) is 4.99 Å². The highest BCUT2D eigenvalue weighted by Crippen LogP contribution is 2.27. The first-order valence-corrected chi connectivity index (χ1v) is 12.5. The van der Waals surface area contributed by atoms with E-state index in [1.165, 1.54) is 12.8 Å². The monoisotopic (exact) mass is 525 g/mol. The molecule has 2 unspecified atom stereocenters. The van der Waals surface area contributed by atoms with Gasteiger partial charge in [-0.25, -0.2) is 8.42 Å². The molecule has 0 aliphatic heterocycles. The fraction of sp³-hybridized carbons (Fsp3) is 0.632. The van der Waals surface area contributed by atoms with Crippen molar-refractivity contribution in [3.05, 3.63) is 35.9 Å². The Labute approximate surface area is 185 Å². The van der Waals surface area contributed by atoms with Crippen LogP contribution in [0.25, 0.3) is 0 Å². The first kappa shape index (κ1) is 24.6. The first-order valence-electron chi connectivity index (χ1n) is 9.34. The van der Waals surface area contributed by atoms with Crippen LogP contribution in [0.15, 0.2) is 35.3 Å². The predicted octanol–water partition coefficient (Wildman–Crippen LogP) is 3.45. The quantitative estimate of drug-likeness (QED) is 0.224. The fourth-order valence-corrected chi connectivity index (χ4v) is 5.38. The molecule has 8 heteroatoms. The maximum absolute atomic E-state index is 12.2. The average molecular weight is 526 g/mol. The zero-order valence-corrected chi connectivity index (χ0v) is 20.2. The van der Waals surface area contributed by atoms with E-state index in [0.717, 1.165) is 29.7 Å². The van der Waals surface area contributed by atoms with Crippen LogP contribution in [0.1, 0.15) is 38.2 Å². The van der Waals surface area contributed by atoms with Crippen molar-refractivity contribution in [2.75, 3.05) is 25.1 Å². The van der Waals surface area contributed by atoms with Gasteiger partial charge in [0.2, 0.25) is 0 Å². The number of thioether (sulfide) groups is 1. The Bertz CT molecular complexity index is 669. The Hall–Kier alpha value is -0.480. The van der Waals surface area contributed by atoms with Gasteiger partial charge in [-0.2, -0.15) is 11.8 Å². The molecule has 27 heavy (non-hydrogen) atoms. The molecule has 2 rings (SSSR count). The second-order valence-electron chi connectivity index (χ2n) is 6.70. The smallest absolute Gasteiger partial charge is 0.191 e. The molecule has 1 aromatic rings. The van der Waals surface area contributed by atoms with Crippen molar-refractivity contribution in [3.8, 4) is 0 Å². The van der Waals surface area contributed by atoms with Crippen molar-refractivity contribution in [1.82, 2.24) is 10.6 Å². The van der Waals surface area contributed by atoms with Gasteiger partial charge in [-0.15, -0.1) is 24.0 Å². The Balaban J connectivity index is 0.00000364. The molecule has 5 nitrogen and oxygen atoms in total.